The fraction of sp³-hybridized carbons (Fsp3) is 0.429. The molecule has 0 bridgehead atoms. The third kappa shape index (κ3) is 5.83. The summed E-state index contributed by atoms with van der Waals surface area (Å²) < 4.78 is 33.3. The molecule has 7 N–H and O–H groups in total. The second-order valence-electron chi connectivity index (χ2n) is 10.2. The molecule has 0 saturated carbocycles. The number of phenolic OH excluding ortho intramolecular Hbond substituents is 2. The Labute approximate surface area is 242 Å². The highest BCUT2D eigenvalue weighted by Crippen LogP contribution is 2.38. The molecule has 3 heterocycles. The first-order valence-electron chi connectivity index (χ1n) is 13.2. The van der Waals surface area contributed by atoms with Crippen LogP contribution in [0.3, 0.4) is 0 Å². The second kappa shape index (κ2) is 12.0. The number of benzene rings is 2. The van der Waals surface area contributed by atoms with Gasteiger partial charge in [0.1, 0.15) is 52.6 Å². The summed E-state index contributed by atoms with van der Waals surface area (Å²) in [6, 6.07) is 7.65. The minimum Gasteiger partial charge on any atom is -0.508 e. The van der Waals surface area contributed by atoms with Crippen molar-refractivity contribution in [3.05, 3.63) is 46.6 Å². The third-order valence-corrected chi connectivity index (χ3v) is 7.10. The second-order valence-corrected chi connectivity index (χ2v) is 10.2. The van der Waals surface area contributed by atoms with Crippen molar-refractivity contribution in [3.63, 3.8) is 0 Å². The van der Waals surface area contributed by atoms with Gasteiger partial charge < -0.3 is 63.8 Å². The zero-order chi connectivity index (χ0) is 31.2. The molecule has 5 rings (SSSR count). The minimum absolute atomic E-state index is 0.0974. The summed E-state index contributed by atoms with van der Waals surface area (Å²) >= 11 is 0. The van der Waals surface area contributed by atoms with Crippen molar-refractivity contribution in [1.82, 2.24) is 0 Å². The number of carbonyl (C=O) groups is 1. The molecule has 9 atom stereocenters. The van der Waals surface area contributed by atoms with E-state index in [2.05, 4.69) is 0 Å². The molecule has 0 spiro atoms. The summed E-state index contributed by atoms with van der Waals surface area (Å²) in [5.41, 5.74) is -0.910. The van der Waals surface area contributed by atoms with Gasteiger partial charge in [0.2, 0.25) is 23.8 Å². The van der Waals surface area contributed by atoms with Crippen LogP contribution in [0.2, 0.25) is 0 Å². The highest BCUT2D eigenvalue weighted by Gasteiger charge is 2.48. The van der Waals surface area contributed by atoms with Gasteiger partial charge in [-0.05, 0) is 31.2 Å². The van der Waals surface area contributed by atoms with Gasteiger partial charge in [-0.15, -0.1) is 0 Å². The van der Waals surface area contributed by atoms with E-state index in [1.54, 1.807) is 0 Å². The lowest BCUT2D eigenvalue weighted by atomic mass is 10.00. The van der Waals surface area contributed by atoms with Crippen LogP contribution in [0.25, 0.3) is 22.3 Å². The zero-order valence-electron chi connectivity index (χ0n) is 22.8. The largest absolute Gasteiger partial charge is 0.508 e. The molecule has 232 valence electrons. The van der Waals surface area contributed by atoms with E-state index in [0.717, 1.165) is 13.0 Å². The summed E-state index contributed by atoms with van der Waals surface area (Å²) in [7, 11) is 0. The van der Waals surface area contributed by atoms with Gasteiger partial charge in [0.15, 0.2) is 18.0 Å². The molecule has 0 amide bonds. The summed E-state index contributed by atoms with van der Waals surface area (Å²) in [6.45, 7) is 1.91. The molecule has 2 fully saturated rings. The van der Waals surface area contributed by atoms with E-state index in [9.17, 15) is 45.3 Å². The number of esters is 1. The van der Waals surface area contributed by atoms with Crippen LogP contribution in [0.15, 0.2) is 45.6 Å². The maximum Gasteiger partial charge on any atom is 0.303 e. The highest BCUT2D eigenvalue weighted by molar-refractivity contribution is 5.88. The number of fused-ring (bicyclic) bond motifs is 1. The minimum atomic E-state index is -1.66. The lowest BCUT2D eigenvalue weighted by Crippen LogP contribution is -2.58. The van der Waals surface area contributed by atoms with Crippen molar-refractivity contribution >= 4 is 16.9 Å². The zero-order valence-corrected chi connectivity index (χ0v) is 22.8. The van der Waals surface area contributed by atoms with Crippen molar-refractivity contribution in [3.8, 4) is 34.3 Å². The van der Waals surface area contributed by atoms with E-state index < -0.39 is 84.8 Å². The Balaban J connectivity index is 1.56. The van der Waals surface area contributed by atoms with E-state index in [-0.39, 0.29) is 33.8 Å². The number of carbonyl (C=O) groups excluding carboxylic acids is 1. The van der Waals surface area contributed by atoms with Crippen LogP contribution >= 0.6 is 0 Å². The van der Waals surface area contributed by atoms with Crippen LogP contribution in [-0.4, -0.2) is 104 Å². The topological polar surface area (TPSA) is 235 Å². The molecular formula is C28H30O15. The molecule has 2 aliphatic heterocycles. The highest BCUT2D eigenvalue weighted by atomic mass is 16.7. The van der Waals surface area contributed by atoms with Gasteiger partial charge in [-0.2, -0.15) is 0 Å². The molecule has 0 radical (unpaired) electrons. The molecule has 3 aromatic rings. The van der Waals surface area contributed by atoms with Crippen molar-refractivity contribution in [2.45, 2.75) is 69.2 Å². The van der Waals surface area contributed by atoms with Gasteiger partial charge >= 0.3 is 5.97 Å². The van der Waals surface area contributed by atoms with E-state index in [1.807, 2.05) is 0 Å². The predicted molar refractivity (Wildman–Crippen MR) is 142 cm³/mol. The number of ether oxygens (including phenoxy) is 5. The molecule has 9 unspecified atom stereocenters. The number of rotatable bonds is 7. The fourth-order valence-corrected chi connectivity index (χ4v) is 4.88. The Morgan fingerprint density at radius 2 is 1.58 bits per heavy atom. The van der Waals surface area contributed by atoms with E-state index >= 15 is 0 Å². The number of phenols is 2. The Morgan fingerprint density at radius 1 is 0.907 bits per heavy atom. The molecule has 43 heavy (non-hydrogen) atoms. The quantitative estimate of drug-likeness (QED) is 0.167. The molecule has 2 aliphatic rings. The number of aromatic hydroxyl groups is 2. The maximum absolute atomic E-state index is 13.8. The lowest BCUT2D eigenvalue weighted by Gasteiger charge is -2.38. The Morgan fingerprint density at radius 3 is 2.23 bits per heavy atom. The van der Waals surface area contributed by atoms with Gasteiger partial charge in [-0.1, -0.05) is 0 Å². The summed E-state index contributed by atoms with van der Waals surface area (Å²) in [5.74, 6) is -2.37. The molecular weight excluding hydrogens is 576 g/mol. The standard InChI is InChI=1S/C28H30O15/c1-10-19(33)21(35)22(36)27(38-10)40-14-7-15(32)18-16(8-14)41-24(12-3-5-13(31)6-4-12)26(20(18)34)43-28-23(37)25(39-11(2)30)17(9-29)42-28/h3-8,10,17,19,21-23,25,27-29,31-33,35-37H,9H2,1-2H3. The van der Waals surface area contributed by atoms with Gasteiger partial charge in [0, 0.05) is 24.6 Å². The summed E-state index contributed by atoms with van der Waals surface area (Å²) in [4.78, 5) is 25.3. The fourth-order valence-electron chi connectivity index (χ4n) is 4.88. The number of hydrogen-bond acceptors (Lipinski definition) is 15. The normalized spacial score (nSPS) is 30.7. The molecule has 2 aromatic carbocycles. The smallest absolute Gasteiger partial charge is 0.303 e. The van der Waals surface area contributed by atoms with Crippen molar-refractivity contribution in [2.75, 3.05) is 6.61 Å². The average molecular weight is 607 g/mol. The lowest BCUT2D eigenvalue weighted by molar-refractivity contribution is -0.268. The average Bonchev–Trinajstić information content (AvgIpc) is 3.25. The Hall–Kier alpha value is -3.96. The Bertz CT molecular complexity index is 1540. The van der Waals surface area contributed by atoms with E-state index in [4.69, 9.17) is 28.1 Å². The van der Waals surface area contributed by atoms with Crippen molar-refractivity contribution in [2.24, 2.45) is 0 Å². The number of aliphatic hydroxyl groups is 5. The van der Waals surface area contributed by atoms with Crippen LogP contribution in [0.5, 0.6) is 23.0 Å². The maximum atomic E-state index is 13.8. The van der Waals surface area contributed by atoms with Crippen molar-refractivity contribution < 1.29 is 68.6 Å². The molecule has 15 nitrogen and oxygen atoms in total. The first-order valence-corrected chi connectivity index (χ1v) is 13.2. The van der Waals surface area contributed by atoms with Crippen LogP contribution in [-0.2, 0) is 19.0 Å². The Kier molecular flexibility index (Phi) is 8.49. The van der Waals surface area contributed by atoms with Crippen LogP contribution < -0.4 is 14.9 Å². The molecule has 1 aromatic heterocycles. The van der Waals surface area contributed by atoms with Gasteiger partial charge in [0.25, 0.3) is 0 Å². The van der Waals surface area contributed by atoms with Crippen LogP contribution in [0, 0.1) is 0 Å². The third-order valence-electron chi connectivity index (χ3n) is 7.10. The first-order chi connectivity index (χ1) is 20.4. The van der Waals surface area contributed by atoms with Crippen LogP contribution in [0.1, 0.15) is 13.8 Å². The predicted octanol–water partition coefficient (Wildman–Crippen LogP) is -0.534. The van der Waals surface area contributed by atoms with E-state index in [1.165, 1.54) is 37.3 Å². The molecule has 15 heteroatoms. The summed E-state index contributed by atoms with van der Waals surface area (Å²) in [6.07, 6.45) is -12.7. The SMILES string of the molecule is CC(=O)OC1C(CO)OC(Oc2c(-c3ccc(O)cc3)oc3cc(OC4OC(C)C(O)C(O)C4O)cc(O)c3c2=O)C1O. The number of aliphatic hydroxyl groups excluding tert-OH is 5. The van der Waals surface area contributed by atoms with Gasteiger partial charge in [0.05, 0.1) is 12.7 Å². The number of hydrogen-bond donors (Lipinski definition) is 7. The van der Waals surface area contributed by atoms with Crippen LogP contribution in [0.4, 0.5) is 0 Å². The first kappa shape index (κ1) is 30.5. The summed E-state index contributed by atoms with van der Waals surface area (Å²) in [5, 5.41) is 71.0. The van der Waals surface area contributed by atoms with E-state index in [0.29, 0.717) is 0 Å². The van der Waals surface area contributed by atoms with Crippen molar-refractivity contribution in [1.29, 1.82) is 0 Å². The molecule has 2 saturated heterocycles. The van der Waals surface area contributed by atoms with Gasteiger partial charge in [-0.25, -0.2) is 0 Å². The monoisotopic (exact) mass is 606 g/mol. The van der Waals surface area contributed by atoms with Gasteiger partial charge in [-0.3, -0.25) is 9.59 Å². The molecule has 0 aliphatic carbocycles.